The predicted molar refractivity (Wildman–Crippen MR) is 177 cm³/mol. The van der Waals surface area contributed by atoms with Crippen molar-refractivity contribution in [3.63, 3.8) is 0 Å². The minimum atomic E-state index is -0.730. The average molecular weight is 621 g/mol. The number of hydrazine groups is 1. The highest BCUT2D eigenvalue weighted by Gasteiger charge is 2.52. The first-order valence-corrected chi connectivity index (χ1v) is 15.6. The number of amides is 4. The molecule has 0 aliphatic carbocycles. The van der Waals surface area contributed by atoms with Crippen LogP contribution in [0.1, 0.15) is 30.5 Å². The molecule has 4 aromatic carbocycles. The molecule has 0 saturated carbocycles. The number of hydrogen-bond acceptors (Lipinski definition) is 6. The maximum atomic E-state index is 14.3. The Kier molecular flexibility index (Phi) is 8.81. The number of nitrogen functional groups attached to an aromatic ring is 1. The molecule has 10 nitrogen and oxygen atoms in total. The Labute approximate surface area is 269 Å². The van der Waals surface area contributed by atoms with Gasteiger partial charge in [0.1, 0.15) is 18.0 Å². The number of nitrogens with one attached hydrogen (secondary N) is 1. The summed E-state index contributed by atoms with van der Waals surface area (Å²) >= 11 is 0. The molecule has 4 aromatic rings. The maximum Gasteiger partial charge on any atom is 0.332 e. The normalized spacial score (nSPS) is 18.3. The van der Waals surface area contributed by atoms with Gasteiger partial charge in [0.2, 0.25) is 11.8 Å². The van der Waals surface area contributed by atoms with Crippen molar-refractivity contribution >= 4 is 34.3 Å². The van der Waals surface area contributed by atoms with Gasteiger partial charge in [0.15, 0.2) is 0 Å². The number of benzene rings is 4. The second-order valence-corrected chi connectivity index (χ2v) is 12.1. The van der Waals surface area contributed by atoms with Crippen LogP contribution in [0.3, 0.4) is 0 Å². The van der Waals surface area contributed by atoms with Gasteiger partial charge in [-0.05, 0) is 65.6 Å². The number of piperazine rings is 1. The molecule has 2 aliphatic rings. The van der Waals surface area contributed by atoms with Crippen LogP contribution in [0, 0.1) is 0 Å². The van der Waals surface area contributed by atoms with Crippen LogP contribution in [-0.2, 0) is 29.1 Å². The van der Waals surface area contributed by atoms with Crippen LogP contribution in [0.2, 0.25) is 0 Å². The van der Waals surface area contributed by atoms with E-state index in [0.29, 0.717) is 25.2 Å². The minimum Gasteiger partial charge on any atom is -0.497 e. The zero-order valence-corrected chi connectivity index (χ0v) is 26.4. The van der Waals surface area contributed by atoms with Gasteiger partial charge >= 0.3 is 6.03 Å². The highest BCUT2D eigenvalue weighted by molar-refractivity contribution is 5.92. The van der Waals surface area contributed by atoms with Crippen LogP contribution in [0.4, 0.5) is 10.5 Å². The van der Waals surface area contributed by atoms with Crippen molar-refractivity contribution in [3.05, 3.63) is 108 Å². The van der Waals surface area contributed by atoms with Gasteiger partial charge in [0, 0.05) is 31.2 Å². The van der Waals surface area contributed by atoms with Crippen LogP contribution in [0.15, 0.2) is 91.0 Å². The molecule has 2 fully saturated rings. The summed E-state index contributed by atoms with van der Waals surface area (Å²) in [6.07, 6.45) is -0.180. The van der Waals surface area contributed by atoms with E-state index in [2.05, 4.69) is 23.5 Å². The van der Waals surface area contributed by atoms with Gasteiger partial charge < -0.3 is 25.6 Å². The number of rotatable bonds is 9. The third-order valence-corrected chi connectivity index (χ3v) is 8.79. The number of hydrogen-bond donors (Lipinski definition) is 2. The Balaban J connectivity index is 1.30. The number of nitrogens with zero attached hydrogens (tertiary/aromatic N) is 4. The molecule has 46 heavy (non-hydrogen) atoms. The highest BCUT2D eigenvalue weighted by atomic mass is 16.5. The Morgan fingerprint density at radius 2 is 1.65 bits per heavy atom. The molecule has 2 heterocycles. The largest absolute Gasteiger partial charge is 0.497 e. The summed E-state index contributed by atoms with van der Waals surface area (Å²) in [6.45, 7) is 4.80. The third-order valence-electron chi connectivity index (χ3n) is 8.79. The number of anilines is 1. The van der Waals surface area contributed by atoms with Crippen LogP contribution in [0.25, 0.3) is 10.8 Å². The van der Waals surface area contributed by atoms with E-state index in [9.17, 15) is 14.4 Å². The minimum absolute atomic E-state index is 0.00751. The van der Waals surface area contributed by atoms with E-state index in [-0.39, 0.29) is 37.0 Å². The van der Waals surface area contributed by atoms with E-state index in [4.69, 9.17) is 10.5 Å². The van der Waals surface area contributed by atoms with E-state index >= 15 is 0 Å². The van der Waals surface area contributed by atoms with Crippen molar-refractivity contribution in [2.45, 2.75) is 51.6 Å². The van der Waals surface area contributed by atoms with Crippen LogP contribution < -0.4 is 15.8 Å². The standard InChI is InChI=1S/C36H40N6O4/c1-24(2)42(36(45)38-20-26-13-17-30(46-3)18-14-26)40-23-34(43)41-32(19-25-11-15-29(37)16-12-25)35(44)39(22-33(40)41)21-28-9-6-8-27-7-4-5-10-31(27)28/h4-18,24,32-33H,19-23,37H2,1-3H3,(H,38,45)/t32-,33+/m0/s1. The average Bonchev–Trinajstić information content (AvgIpc) is 3.37. The van der Waals surface area contributed by atoms with Crippen molar-refractivity contribution in [1.29, 1.82) is 0 Å². The van der Waals surface area contributed by atoms with Crippen molar-refractivity contribution in [2.24, 2.45) is 0 Å². The topological polar surface area (TPSA) is 111 Å². The fraction of sp³-hybridized carbons (Fsp3) is 0.306. The lowest BCUT2D eigenvalue weighted by atomic mass is 9.99. The zero-order chi connectivity index (χ0) is 32.4. The van der Waals surface area contributed by atoms with E-state index < -0.39 is 12.2 Å². The summed E-state index contributed by atoms with van der Waals surface area (Å²) < 4.78 is 5.25. The molecule has 2 saturated heterocycles. The summed E-state index contributed by atoms with van der Waals surface area (Å²) in [4.78, 5) is 45.3. The Bertz CT molecular complexity index is 1720. The number of urea groups is 1. The Morgan fingerprint density at radius 3 is 2.37 bits per heavy atom. The van der Waals surface area contributed by atoms with Gasteiger partial charge in [-0.15, -0.1) is 0 Å². The lowest BCUT2D eigenvalue weighted by molar-refractivity contribution is -0.158. The molecule has 0 unspecified atom stereocenters. The van der Waals surface area contributed by atoms with E-state index in [1.54, 1.807) is 29.2 Å². The molecule has 2 aliphatic heterocycles. The first-order chi connectivity index (χ1) is 22.2. The van der Waals surface area contributed by atoms with Gasteiger partial charge in [-0.2, -0.15) is 5.01 Å². The molecular weight excluding hydrogens is 580 g/mol. The Hall–Kier alpha value is -5.09. The second kappa shape index (κ2) is 13.1. The molecule has 3 N–H and O–H groups in total. The fourth-order valence-electron chi connectivity index (χ4n) is 6.53. The monoisotopic (exact) mass is 620 g/mol. The number of carbonyl (C=O) groups excluding carboxylic acids is 3. The first-order valence-electron chi connectivity index (χ1n) is 15.6. The molecule has 238 valence electrons. The summed E-state index contributed by atoms with van der Waals surface area (Å²) in [5.74, 6) is 0.441. The zero-order valence-electron chi connectivity index (χ0n) is 26.4. The van der Waals surface area contributed by atoms with E-state index in [0.717, 1.165) is 33.2 Å². The summed E-state index contributed by atoms with van der Waals surface area (Å²) in [5.41, 5.74) is 9.42. The predicted octanol–water partition coefficient (Wildman–Crippen LogP) is 4.39. The third kappa shape index (κ3) is 6.21. The molecule has 10 heteroatoms. The van der Waals surface area contributed by atoms with E-state index in [1.165, 1.54) is 0 Å². The number of carbonyl (C=O) groups is 3. The first kappa shape index (κ1) is 30.9. The highest BCUT2D eigenvalue weighted by Crippen LogP contribution is 2.32. The molecule has 2 atom stereocenters. The lowest BCUT2D eigenvalue weighted by Crippen LogP contribution is -2.66. The second-order valence-electron chi connectivity index (χ2n) is 12.1. The van der Waals surface area contributed by atoms with Gasteiger partial charge in [-0.1, -0.05) is 66.7 Å². The summed E-state index contributed by atoms with van der Waals surface area (Å²) in [6, 6.07) is 27.9. The quantitative estimate of drug-likeness (QED) is 0.269. The molecule has 6 rings (SSSR count). The van der Waals surface area contributed by atoms with Crippen molar-refractivity contribution in [1.82, 2.24) is 25.1 Å². The summed E-state index contributed by atoms with van der Waals surface area (Å²) in [7, 11) is 1.61. The van der Waals surface area contributed by atoms with Crippen molar-refractivity contribution in [3.8, 4) is 5.75 Å². The summed E-state index contributed by atoms with van der Waals surface area (Å²) in [5, 5.41) is 8.65. The molecule has 0 bridgehead atoms. The SMILES string of the molecule is COc1ccc(CNC(=O)N(C(C)C)N2CC(=O)N3[C@@H](Cc4ccc(N)cc4)C(=O)N(Cc4cccc5ccccc45)C[C@@H]32)cc1. The van der Waals surface area contributed by atoms with Gasteiger partial charge in [0.05, 0.1) is 20.2 Å². The maximum absolute atomic E-state index is 14.3. The number of methoxy groups -OCH3 is 1. The van der Waals surface area contributed by atoms with Crippen LogP contribution >= 0.6 is 0 Å². The Morgan fingerprint density at radius 1 is 0.957 bits per heavy atom. The van der Waals surface area contributed by atoms with E-state index in [1.807, 2.05) is 84.4 Å². The van der Waals surface area contributed by atoms with Gasteiger partial charge in [0.25, 0.3) is 0 Å². The smallest absolute Gasteiger partial charge is 0.332 e. The lowest BCUT2D eigenvalue weighted by Gasteiger charge is -2.47. The fourth-order valence-corrected chi connectivity index (χ4v) is 6.53. The molecule has 0 radical (unpaired) electrons. The van der Waals surface area contributed by atoms with Crippen molar-refractivity contribution < 1.29 is 19.1 Å². The van der Waals surface area contributed by atoms with Crippen LogP contribution in [-0.4, -0.2) is 76.1 Å². The molecule has 0 spiro atoms. The molecule has 4 amide bonds. The van der Waals surface area contributed by atoms with Crippen LogP contribution in [0.5, 0.6) is 5.75 Å². The number of fused-ring (bicyclic) bond motifs is 2. The number of ether oxygens (including phenoxy) is 1. The molecule has 0 aromatic heterocycles. The van der Waals surface area contributed by atoms with Crippen molar-refractivity contribution in [2.75, 3.05) is 25.9 Å². The van der Waals surface area contributed by atoms with Gasteiger partial charge in [-0.3, -0.25) is 14.6 Å². The van der Waals surface area contributed by atoms with Gasteiger partial charge in [-0.25, -0.2) is 4.79 Å². The molecular formula is C36H40N6O4. The number of nitrogens with two attached hydrogens (primary N) is 1.